The third-order valence-electron chi connectivity index (χ3n) is 3.26. The summed E-state index contributed by atoms with van der Waals surface area (Å²) in [6.45, 7) is 4.17. The molecular weight excluding hydrogens is 252 g/mol. The molecule has 0 unspecified atom stereocenters. The summed E-state index contributed by atoms with van der Waals surface area (Å²) in [6.07, 6.45) is 3.28. The minimum atomic E-state index is 0.235. The number of aromatic nitrogens is 4. The molecule has 0 spiro atoms. The van der Waals surface area contributed by atoms with Crippen molar-refractivity contribution in [1.29, 1.82) is 0 Å². The van der Waals surface area contributed by atoms with E-state index in [1.807, 2.05) is 28.8 Å². The Morgan fingerprint density at radius 3 is 2.70 bits per heavy atom. The molecule has 2 heterocycles. The molecule has 0 atom stereocenters. The normalized spacial score (nSPS) is 11.2. The molecule has 0 bridgehead atoms. The van der Waals surface area contributed by atoms with Crippen molar-refractivity contribution in [1.82, 2.24) is 19.5 Å². The summed E-state index contributed by atoms with van der Waals surface area (Å²) < 4.78 is 1.97. The zero-order valence-corrected chi connectivity index (χ0v) is 11.4. The number of nitrogens with one attached hydrogen (secondary N) is 1. The fourth-order valence-corrected chi connectivity index (χ4v) is 2.35. The van der Waals surface area contributed by atoms with Gasteiger partial charge >= 0.3 is 0 Å². The summed E-state index contributed by atoms with van der Waals surface area (Å²) in [5, 5.41) is 0. The van der Waals surface area contributed by atoms with Crippen LogP contribution in [0.5, 0.6) is 0 Å². The molecule has 0 saturated carbocycles. The number of benzene rings is 1. The van der Waals surface area contributed by atoms with Crippen LogP contribution in [0.3, 0.4) is 0 Å². The lowest BCUT2D eigenvalue weighted by atomic mass is 10.0. The quantitative estimate of drug-likeness (QED) is 0.562. The Morgan fingerprint density at radius 1 is 1.15 bits per heavy atom. The standard InChI is InChI=1S/C14H16N6/c1-9(2)12-13(19-15)16-7-17-14(12)20-8-18-10-5-3-4-6-11(10)20/h3-9H,15H2,1-2H3,(H,16,17,19). The Bertz CT molecular complexity index is 746. The number of fused-ring (bicyclic) bond motifs is 1. The molecule has 20 heavy (non-hydrogen) atoms. The lowest BCUT2D eigenvalue weighted by Gasteiger charge is -2.16. The number of para-hydroxylation sites is 2. The lowest BCUT2D eigenvalue weighted by molar-refractivity contribution is 0.820. The van der Waals surface area contributed by atoms with Crippen LogP contribution >= 0.6 is 0 Å². The van der Waals surface area contributed by atoms with Gasteiger partial charge in [0.25, 0.3) is 0 Å². The first kappa shape index (κ1) is 12.6. The van der Waals surface area contributed by atoms with Crippen LogP contribution in [0.4, 0.5) is 5.82 Å². The van der Waals surface area contributed by atoms with E-state index in [-0.39, 0.29) is 5.92 Å². The van der Waals surface area contributed by atoms with E-state index in [2.05, 4.69) is 34.2 Å². The highest BCUT2D eigenvalue weighted by molar-refractivity contribution is 5.77. The van der Waals surface area contributed by atoms with Crippen molar-refractivity contribution >= 4 is 16.9 Å². The van der Waals surface area contributed by atoms with Gasteiger partial charge in [-0.05, 0) is 18.1 Å². The third-order valence-corrected chi connectivity index (χ3v) is 3.26. The van der Waals surface area contributed by atoms with E-state index in [0.717, 1.165) is 22.4 Å². The fraction of sp³-hybridized carbons (Fsp3) is 0.214. The van der Waals surface area contributed by atoms with Crippen LogP contribution in [0.2, 0.25) is 0 Å². The smallest absolute Gasteiger partial charge is 0.149 e. The second-order valence-electron chi connectivity index (χ2n) is 4.86. The van der Waals surface area contributed by atoms with Crippen LogP contribution in [-0.4, -0.2) is 19.5 Å². The van der Waals surface area contributed by atoms with Crippen molar-refractivity contribution in [3.8, 4) is 5.82 Å². The first-order chi connectivity index (χ1) is 9.72. The molecule has 6 heteroatoms. The first-order valence-corrected chi connectivity index (χ1v) is 6.46. The number of nitrogens with two attached hydrogens (primary N) is 1. The molecule has 0 fully saturated rings. The van der Waals surface area contributed by atoms with Crippen molar-refractivity contribution < 1.29 is 0 Å². The van der Waals surface area contributed by atoms with Crippen LogP contribution < -0.4 is 11.3 Å². The van der Waals surface area contributed by atoms with Gasteiger partial charge in [0, 0.05) is 5.56 Å². The fourth-order valence-electron chi connectivity index (χ4n) is 2.35. The van der Waals surface area contributed by atoms with E-state index in [1.165, 1.54) is 6.33 Å². The van der Waals surface area contributed by atoms with Crippen molar-refractivity contribution in [3.05, 3.63) is 42.5 Å². The molecule has 0 saturated heterocycles. The highest BCUT2D eigenvalue weighted by Gasteiger charge is 2.17. The SMILES string of the molecule is CC(C)c1c(NN)ncnc1-n1cnc2ccccc21. The van der Waals surface area contributed by atoms with Crippen LogP contribution in [0.15, 0.2) is 36.9 Å². The van der Waals surface area contributed by atoms with Crippen LogP contribution in [0, 0.1) is 0 Å². The second kappa shape index (κ2) is 4.90. The maximum Gasteiger partial charge on any atom is 0.149 e. The van der Waals surface area contributed by atoms with Crippen molar-refractivity contribution in [3.63, 3.8) is 0 Å². The van der Waals surface area contributed by atoms with Crippen molar-refractivity contribution in [2.75, 3.05) is 5.43 Å². The highest BCUT2D eigenvalue weighted by atomic mass is 15.3. The summed E-state index contributed by atoms with van der Waals surface area (Å²) >= 11 is 0. The molecule has 0 amide bonds. The monoisotopic (exact) mass is 268 g/mol. The summed E-state index contributed by atoms with van der Waals surface area (Å²) in [7, 11) is 0. The predicted molar refractivity (Wildman–Crippen MR) is 78.6 cm³/mol. The topological polar surface area (TPSA) is 81.6 Å². The summed E-state index contributed by atoms with van der Waals surface area (Å²) in [4.78, 5) is 13.0. The van der Waals surface area contributed by atoms with Crippen molar-refractivity contribution in [2.24, 2.45) is 5.84 Å². The molecule has 3 N–H and O–H groups in total. The zero-order valence-electron chi connectivity index (χ0n) is 11.4. The molecular formula is C14H16N6. The molecule has 0 aliphatic heterocycles. The molecule has 0 aliphatic rings. The third kappa shape index (κ3) is 1.90. The van der Waals surface area contributed by atoms with Gasteiger partial charge in [0.2, 0.25) is 0 Å². The van der Waals surface area contributed by atoms with Gasteiger partial charge in [0.15, 0.2) is 0 Å². The maximum atomic E-state index is 5.56. The molecule has 102 valence electrons. The van der Waals surface area contributed by atoms with Crippen LogP contribution in [0.25, 0.3) is 16.9 Å². The Hall–Kier alpha value is -2.47. The number of hydrazine groups is 1. The van der Waals surface area contributed by atoms with Crippen molar-refractivity contribution in [2.45, 2.75) is 19.8 Å². The Morgan fingerprint density at radius 2 is 1.95 bits per heavy atom. The number of hydrogen-bond donors (Lipinski definition) is 2. The van der Waals surface area contributed by atoms with Gasteiger partial charge in [-0.25, -0.2) is 20.8 Å². The van der Waals surface area contributed by atoms with Gasteiger partial charge in [-0.3, -0.25) is 4.57 Å². The molecule has 0 aliphatic carbocycles. The average Bonchev–Trinajstić information content (AvgIpc) is 2.90. The van der Waals surface area contributed by atoms with E-state index in [9.17, 15) is 0 Å². The Balaban J connectivity index is 2.29. The Labute approximate surface area is 116 Å². The number of rotatable bonds is 3. The maximum absolute atomic E-state index is 5.56. The number of hydrogen-bond acceptors (Lipinski definition) is 5. The minimum Gasteiger partial charge on any atom is -0.308 e. The summed E-state index contributed by atoms with van der Waals surface area (Å²) in [5.41, 5.74) is 5.56. The van der Waals surface area contributed by atoms with E-state index in [1.54, 1.807) is 6.33 Å². The zero-order chi connectivity index (χ0) is 14.1. The lowest BCUT2D eigenvalue weighted by Crippen LogP contribution is -2.15. The molecule has 2 aromatic heterocycles. The summed E-state index contributed by atoms with van der Waals surface area (Å²) in [6, 6.07) is 7.95. The molecule has 1 aromatic carbocycles. The largest absolute Gasteiger partial charge is 0.308 e. The van der Waals surface area contributed by atoms with Gasteiger partial charge in [-0.15, -0.1) is 0 Å². The van der Waals surface area contributed by atoms with Gasteiger partial charge in [-0.1, -0.05) is 26.0 Å². The van der Waals surface area contributed by atoms with E-state index < -0.39 is 0 Å². The van der Waals surface area contributed by atoms with Crippen LogP contribution in [-0.2, 0) is 0 Å². The number of anilines is 1. The van der Waals surface area contributed by atoms with Gasteiger partial charge in [-0.2, -0.15) is 0 Å². The van der Waals surface area contributed by atoms with E-state index in [4.69, 9.17) is 5.84 Å². The molecule has 6 nitrogen and oxygen atoms in total. The van der Waals surface area contributed by atoms with E-state index >= 15 is 0 Å². The first-order valence-electron chi connectivity index (χ1n) is 6.46. The number of imidazole rings is 1. The molecule has 3 rings (SSSR count). The average molecular weight is 268 g/mol. The second-order valence-corrected chi connectivity index (χ2v) is 4.86. The van der Waals surface area contributed by atoms with Gasteiger partial charge in [0.05, 0.1) is 11.0 Å². The number of nitrogens with zero attached hydrogens (tertiary/aromatic N) is 4. The molecule has 3 aromatic rings. The Kier molecular flexibility index (Phi) is 3.08. The summed E-state index contributed by atoms with van der Waals surface area (Å²) in [5.74, 6) is 7.24. The highest BCUT2D eigenvalue weighted by Crippen LogP contribution is 2.28. The van der Waals surface area contributed by atoms with Crippen LogP contribution in [0.1, 0.15) is 25.3 Å². The van der Waals surface area contributed by atoms with E-state index in [0.29, 0.717) is 5.82 Å². The minimum absolute atomic E-state index is 0.235. The molecule has 0 radical (unpaired) electrons. The van der Waals surface area contributed by atoms with Gasteiger partial charge in [0.1, 0.15) is 24.3 Å². The van der Waals surface area contributed by atoms with Gasteiger partial charge < -0.3 is 5.43 Å². The number of nitrogen functional groups attached to an aromatic ring is 1. The predicted octanol–water partition coefficient (Wildman–Crippen LogP) is 2.22.